The number of nitrogens with zero attached hydrogens (tertiary/aromatic N) is 2. The number of sulfonamides is 1. The number of anilines is 1. The molecule has 5 nitrogen and oxygen atoms in total. The van der Waals surface area contributed by atoms with Crippen LogP contribution >= 0.6 is 0 Å². The summed E-state index contributed by atoms with van der Waals surface area (Å²) in [4.78, 5) is 2.55. The van der Waals surface area contributed by atoms with Crippen molar-refractivity contribution in [2.75, 3.05) is 45.7 Å². The Kier molecular flexibility index (Phi) is 5.24. The van der Waals surface area contributed by atoms with Crippen LogP contribution in [0.25, 0.3) is 0 Å². The van der Waals surface area contributed by atoms with Crippen molar-refractivity contribution in [1.29, 1.82) is 0 Å². The monoisotopic (exact) mass is 311 g/mol. The van der Waals surface area contributed by atoms with Gasteiger partial charge in [-0.1, -0.05) is 0 Å². The first-order valence-electron chi connectivity index (χ1n) is 7.35. The van der Waals surface area contributed by atoms with Crippen LogP contribution < -0.4 is 10.2 Å². The largest absolute Gasteiger partial charge is 0.374 e. The highest BCUT2D eigenvalue weighted by atomic mass is 32.2. The van der Waals surface area contributed by atoms with Gasteiger partial charge in [0, 0.05) is 33.4 Å². The molecule has 0 aromatic heterocycles. The van der Waals surface area contributed by atoms with Gasteiger partial charge in [-0.25, -0.2) is 12.7 Å². The smallest absolute Gasteiger partial charge is 0.242 e. The highest BCUT2D eigenvalue weighted by molar-refractivity contribution is 7.89. The SMILES string of the molecule is CN(CC1CCNCC1)c1ccc(S(=O)(=O)N(C)C)cc1. The van der Waals surface area contributed by atoms with Crippen LogP contribution in [0, 0.1) is 5.92 Å². The van der Waals surface area contributed by atoms with E-state index in [4.69, 9.17) is 0 Å². The Balaban J connectivity index is 2.04. The Labute approximate surface area is 128 Å². The second-order valence-electron chi connectivity index (χ2n) is 5.86. The lowest BCUT2D eigenvalue weighted by atomic mass is 9.97. The lowest BCUT2D eigenvalue weighted by molar-refractivity contribution is 0.378. The highest BCUT2D eigenvalue weighted by Crippen LogP contribution is 2.21. The molecule has 21 heavy (non-hydrogen) atoms. The van der Waals surface area contributed by atoms with Crippen LogP contribution in [-0.2, 0) is 10.0 Å². The van der Waals surface area contributed by atoms with Gasteiger partial charge < -0.3 is 10.2 Å². The number of nitrogens with one attached hydrogen (secondary N) is 1. The molecular weight excluding hydrogens is 286 g/mol. The summed E-state index contributed by atoms with van der Waals surface area (Å²) in [6, 6.07) is 7.14. The molecule has 0 amide bonds. The molecule has 0 saturated carbocycles. The fourth-order valence-corrected chi connectivity index (χ4v) is 3.54. The fraction of sp³-hybridized carbons (Fsp3) is 0.600. The number of piperidine rings is 1. The summed E-state index contributed by atoms with van der Waals surface area (Å²) in [6.45, 7) is 3.21. The van der Waals surface area contributed by atoms with Crippen molar-refractivity contribution in [2.24, 2.45) is 5.92 Å². The highest BCUT2D eigenvalue weighted by Gasteiger charge is 2.18. The molecule has 1 saturated heterocycles. The predicted molar refractivity (Wildman–Crippen MR) is 86.2 cm³/mol. The Morgan fingerprint density at radius 2 is 1.67 bits per heavy atom. The maximum Gasteiger partial charge on any atom is 0.242 e. The zero-order chi connectivity index (χ0) is 15.5. The van der Waals surface area contributed by atoms with Gasteiger partial charge in [-0.2, -0.15) is 0 Å². The molecule has 118 valence electrons. The van der Waals surface area contributed by atoms with Gasteiger partial charge in [-0.05, 0) is 56.1 Å². The summed E-state index contributed by atoms with van der Waals surface area (Å²) in [5.74, 6) is 0.710. The van der Waals surface area contributed by atoms with Crippen molar-refractivity contribution in [2.45, 2.75) is 17.7 Å². The van der Waals surface area contributed by atoms with Crippen LogP contribution in [0.4, 0.5) is 5.69 Å². The minimum Gasteiger partial charge on any atom is -0.374 e. The summed E-state index contributed by atoms with van der Waals surface area (Å²) >= 11 is 0. The van der Waals surface area contributed by atoms with Gasteiger partial charge in [0.15, 0.2) is 0 Å². The van der Waals surface area contributed by atoms with Gasteiger partial charge >= 0.3 is 0 Å². The minimum atomic E-state index is -3.34. The Morgan fingerprint density at radius 3 is 2.19 bits per heavy atom. The van der Waals surface area contributed by atoms with Crippen molar-refractivity contribution in [3.63, 3.8) is 0 Å². The molecule has 0 unspecified atom stereocenters. The molecule has 0 aliphatic carbocycles. The van der Waals surface area contributed by atoms with Crippen molar-refractivity contribution < 1.29 is 8.42 Å². The second kappa shape index (κ2) is 6.77. The van der Waals surface area contributed by atoms with Crippen LogP contribution in [0.1, 0.15) is 12.8 Å². The average molecular weight is 311 g/mol. The van der Waals surface area contributed by atoms with E-state index in [0.717, 1.165) is 25.3 Å². The lowest BCUT2D eigenvalue weighted by Gasteiger charge is -2.29. The lowest BCUT2D eigenvalue weighted by Crippen LogP contribution is -2.34. The van der Waals surface area contributed by atoms with Crippen LogP contribution in [0.5, 0.6) is 0 Å². The molecule has 6 heteroatoms. The molecular formula is C15H25N3O2S. The van der Waals surface area contributed by atoms with E-state index >= 15 is 0 Å². The first-order valence-corrected chi connectivity index (χ1v) is 8.79. The third kappa shape index (κ3) is 3.96. The van der Waals surface area contributed by atoms with Crippen molar-refractivity contribution in [3.8, 4) is 0 Å². The first-order chi connectivity index (χ1) is 9.91. The Hall–Kier alpha value is -1.11. The molecule has 1 aromatic carbocycles. The van der Waals surface area contributed by atoms with E-state index < -0.39 is 10.0 Å². The summed E-state index contributed by atoms with van der Waals surface area (Å²) in [5, 5.41) is 3.37. The van der Waals surface area contributed by atoms with E-state index in [1.54, 1.807) is 26.2 Å². The van der Waals surface area contributed by atoms with Crippen molar-refractivity contribution in [1.82, 2.24) is 9.62 Å². The van der Waals surface area contributed by atoms with Crippen LogP contribution in [0.15, 0.2) is 29.2 Å². The summed E-state index contributed by atoms with van der Waals surface area (Å²) in [7, 11) is 1.82. The van der Waals surface area contributed by atoms with Gasteiger partial charge in [0.25, 0.3) is 0 Å². The number of hydrogen-bond acceptors (Lipinski definition) is 4. The number of hydrogen-bond donors (Lipinski definition) is 1. The second-order valence-corrected chi connectivity index (χ2v) is 8.01. The minimum absolute atomic E-state index is 0.339. The molecule has 1 aromatic rings. The van der Waals surface area contributed by atoms with Crippen molar-refractivity contribution in [3.05, 3.63) is 24.3 Å². The molecule has 0 atom stereocenters. The van der Waals surface area contributed by atoms with Crippen LogP contribution in [-0.4, -0.2) is 53.5 Å². The van der Waals surface area contributed by atoms with Gasteiger partial charge in [0.1, 0.15) is 0 Å². The maximum atomic E-state index is 12.0. The van der Waals surface area contributed by atoms with E-state index in [1.807, 2.05) is 12.1 Å². The number of benzene rings is 1. The zero-order valence-electron chi connectivity index (χ0n) is 13.0. The Bertz CT molecular complexity index is 549. The van der Waals surface area contributed by atoms with E-state index in [9.17, 15) is 8.42 Å². The van der Waals surface area contributed by atoms with E-state index in [1.165, 1.54) is 17.1 Å². The van der Waals surface area contributed by atoms with E-state index in [2.05, 4.69) is 17.3 Å². The molecule has 1 N–H and O–H groups in total. The van der Waals surface area contributed by atoms with Crippen LogP contribution in [0.3, 0.4) is 0 Å². The average Bonchev–Trinajstić information content (AvgIpc) is 2.48. The molecule has 1 heterocycles. The van der Waals surface area contributed by atoms with Gasteiger partial charge in [0.2, 0.25) is 10.0 Å². The number of rotatable bonds is 5. The quantitative estimate of drug-likeness (QED) is 0.892. The molecule has 1 fully saturated rings. The molecule has 0 spiro atoms. The first kappa shape index (κ1) is 16.3. The normalized spacial score (nSPS) is 17.1. The molecule has 0 bridgehead atoms. The van der Waals surface area contributed by atoms with Crippen LogP contribution in [0.2, 0.25) is 0 Å². The molecule has 2 rings (SSSR count). The zero-order valence-corrected chi connectivity index (χ0v) is 13.9. The third-order valence-corrected chi connectivity index (χ3v) is 5.88. The maximum absolute atomic E-state index is 12.0. The molecule has 1 aliphatic rings. The van der Waals surface area contributed by atoms with E-state index in [0.29, 0.717) is 10.8 Å². The standard InChI is InChI=1S/C15H25N3O2S/c1-17(2)21(19,20)15-6-4-14(5-7-15)18(3)12-13-8-10-16-11-9-13/h4-7,13,16H,8-12H2,1-3H3. The fourth-order valence-electron chi connectivity index (χ4n) is 2.64. The molecule has 1 aliphatic heterocycles. The topological polar surface area (TPSA) is 52.7 Å². The van der Waals surface area contributed by atoms with Gasteiger partial charge in [-0.3, -0.25) is 0 Å². The van der Waals surface area contributed by atoms with Gasteiger partial charge in [0.05, 0.1) is 4.90 Å². The summed E-state index contributed by atoms with van der Waals surface area (Å²) < 4.78 is 25.3. The van der Waals surface area contributed by atoms with Gasteiger partial charge in [-0.15, -0.1) is 0 Å². The Morgan fingerprint density at radius 1 is 1.10 bits per heavy atom. The van der Waals surface area contributed by atoms with Crippen molar-refractivity contribution >= 4 is 15.7 Å². The molecule has 0 radical (unpaired) electrons. The third-order valence-electron chi connectivity index (χ3n) is 4.05. The summed E-state index contributed by atoms with van der Waals surface area (Å²) in [6.07, 6.45) is 2.41. The predicted octanol–water partition coefficient (Wildman–Crippen LogP) is 1.37. The summed E-state index contributed by atoms with van der Waals surface area (Å²) in [5.41, 5.74) is 1.06. The van der Waals surface area contributed by atoms with E-state index in [-0.39, 0.29) is 0 Å².